The SMILES string of the molecule is CC1CCC(CN=NN)CC1. The molecular formula is C8H17N3. The summed E-state index contributed by atoms with van der Waals surface area (Å²) >= 11 is 0. The zero-order valence-corrected chi connectivity index (χ0v) is 7.16. The molecular weight excluding hydrogens is 138 g/mol. The summed E-state index contributed by atoms with van der Waals surface area (Å²) in [6, 6.07) is 0. The summed E-state index contributed by atoms with van der Waals surface area (Å²) in [5.74, 6) is 6.60. The van der Waals surface area contributed by atoms with Gasteiger partial charge in [-0.1, -0.05) is 25.0 Å². The Morgan fingerprint density at radius 3 is 2.45 bits per heavy atom. The second-order valence-electron chi connectivity index (χ2n) is 3.57. The normalized spacial score (nSPS) is 32.8. The Kier molecular flexibility index (Phi) is 3.33. The number of nitrogens with two attached hydrogens (primary N) is 1. The molecule has 1 aliphatic rings. The molecule has 64 valence electrons. The molecule has 0 aromatic rings. The van der Waals surface area contributed by atoms with Crippen molar-refractivity contribution in [2.24, 2.45) is 28.0 Å². The minimum Gasteiger partial charge on any atom is -0.305 e. The van der Waals surface area contributed by atoms with E-state index in [1.54, 1.807) is 0 Å². The van der Waals surface area contributed by atoms with Crippen LogP contribution in [0.3, 0.4) is 0 Å². The van der Waals surface area contributed by atoms with E-state index in [0.717, 1.165) is 18.4 Å². The van der Waals surface area contributed by atoms with Crippen molar-refractivity contribution >= 4 is 0 Å². The van der Waals surface area contributed by atoms with E-state index in [2.05, 4.69) is 17.3 Å². The van der Waals surface area contributed by atoms with Crippen molar-refractivity contribution in [3.05, 3.63) is 0 Å². The molecule has 1 fully saturated rings. The van der Waals surface area contributed by atoms with Gasteiger partial charge >= 0.3 is 0 Å². The molecule has 1 rings (SSSR count). The van der Waals surface area contributed by atoms with E-state index in [0.29, 0.717) is 0 Å². The van der Waals surface area contributed by atoms with Gasteiger partial charge < -0.3 is 5.84 Å². The van der Waals surface area contributed by atoms with E-state index in [1.807, 2.05) is 0 Å². The number of hydrogen-bond acceptors (Lipinski definition) is 2. The molecule has 0 atom stereocenters. The zero-order chi connectivity index (χ0) is 8.10. The molecule has 0 aromatic carbocycles. The third kappa shape index (κ3) is 2.87. The largest absolute Gasteiger partial charge is 0.305 e. The van der Waals surface area contributed by atoms with Gasteiger partial charge in [-0.25, -0.2) is 0 Å². The van der Waals surface area contributed by atoms with Gasteiger partial charge in [0.15, 0.2) is 0 Å². The average molecular weight is 155 g/mol. The van der Waals surface area contributed by atoms with Crippen molar-refractivity contribution in [3.63, 3.8) is 0 Å². The smallest absolute Gasteiger partial charge is 0.0648 e. The fourth-order valence-corrected chi connectivity index (χ4v) is 1.67. The first-order valence-corrected chi connectivity index (χ1v) is 4.39. The van der Waals surface area contributed by atoms with E-state index < -0.39 is 0 Å². The van der Waals surface area contributed by atoms with Crippen LogP contribution in [0.5, 0.6) is 0 Å². The van der Waals surface area contributed by atoms with Crippen LogP contribution in [0.15, 0.2) is 10.3 Å². The topological polar surface area (TPSA) is 50.7 Å². The van der Waals surface area contributed by atoms with Crippen LogP contribution in [0.4, 0.5) is 0 Å². The van der Waals surface area contributed by atoms with Gasteiger partial charge in [0.1, 0.15) is 0 Å². The van der Waals surface area contributed by atoms with Crippen LogP contribution in [-0.4, -0.2) is 6.54 Å². The van der Waals surface area contributed by atoms with E-state index in [1.165, 1.54) is 25.7 Å². The van der Waals surface area contributed by atoms with Crippen molar-refractivity contribution < 1.29 is 0 Å². The fourth-order valence-electron chi connectivity index (χ4n) is 1.67. The maximum Gasteiger partial charge on any atom is 0.0648 e. The Morgan fingerprint density at radius 2 is 1.91 bits per heavy atom. The summed E-state index contributed by atoms with van der Waals surface area (Å²) in [4.78, 5) is 0. The van der Waals surface area contributed by atoms with Gasteiger partial charge in [-0.05, 0) is 24.7 Å². The second-order valence-corrected chi connectivity index (χ2v) is 3.57. The lowest BCUT2D eigenvalue weighted by molar-refractivity contribution is 0.294. The van der Waals surface area contributed by atoms with Crippen molar-refractivity contribution in [2.45, 2.75) is 32.6 Å². The highest BCUT2D eigenvalue weighted by Crippen LogP contribution is 2.28. The van der Waals surface area contributed by atoms with Gasteiger partial charge in [0.05, 0.1) is 6.54 Å². The van der Waals surface area contributed by atoms with Gasteiger partial charge in [0, 0.05) is 0 Å². The Morgan fingerprint density at radius 1 is 1.27 bits per heavy atom. The third-order valence-corrected chi connectivity index (χ3v) is 2.56. The maximum absolute atomic E-state index is 4.93. The van der Waals surface area contributed by atoms with Gasteiger partial charge in [0.25, 0.3) is 0 Å². The first kappa shape index (κ1) is 8.50. The predicted octanol–water partition coefficient (Wildman–Crippen LogP) is 2.14. The predicted molar refractivity (Wildman–Crippen MR) is 45.0 cm³/mol. The van der Waals surface area contributed by atoms with Crippen LogP contribution in [0, 0.1) is 11.8 Å². The van der Waals surface area contributed by atoms with Crippen molar-refractivity contribution in [1.29, 1.82) is 0 Å². The molecule has 0 aromatic heterocycles. The van der Waals surface area contributed by atoms with E-state index in [4.69, 9.17) is 5.84 Å². The van der Waals surface area contributed by atoms with Crippen LogP contribution in [0.25, 0.3) is 0 Å². The first-order chi connectivity index (χ1) is 5.33. The van der Waals surface area contributed by atoms with E-state index in [-0.39, 0.29) is 0 Å². The molecule has 0 bridgehead atoms. The number of hydrogen-bond donors (Lipinski definition) is 1. The average Bonchev–Trinajstić information content (AvgIpc) is 2.04. The number of rotatable bonds is 2. The Bertz CT molecular complexity index is 125. The third-order valence-electron chi connectivity index (χ3n) is 2.56. The van der Waals surface area contributed by atoms with Crippen LogP contribution in [0.2, 0.25) is 0 Å². The molecule has 1 aliphatic carbocycles. The molecule has 0 unspecified atom stereocenters. The highest BCUT2D eigenvalue weighted by Gasteiger charge is 2.17. The summed E-state index contributed by atoms with van der Waals surface area (Å²) in [5.41, 5.74) is 0. The fraction of sp³-hybridized carbons (Fsp3) is 1.00. The summed E-state index contributed by atoms with van der Waals surface area (Å²) in [6.07, 6.45) is 5.32. The minimum absolute atomic E-state index is 0.749. The molecule has 0 amide bonds. The van der Waals surface area contributed by atoms with Gasteiger partial charge in [-0.3, -0.25) is 0 Å². The minimum atomic E-state index is 0.749. The summed E-state index contributed by atoms with van der Waals surface area (Å²) < 4.78 is 0. The highest BCUT2D eigenvalue weighted by atomic mass is 15.3. The summed E-state index contributed by atoms with van der Waals surface area (Å²) in [5, 5.41) is 7.10. The van der Waals surface area contributed by atoms with Crippen molar-refractivity contribution in [2.75, 3.05) is 6.54 Å². The Hall–Kier alpha value is -0.600. The summed E-state index contributed by atoms with van der Waals surface area (Å²) in [6.45, 7) is 3.16. The quantitative estimate of drug-likeness (QED) is 0.370. The van der Waals surface area contributed by atoms with E-state index >= 15 is 0 Å². The van der Waals surface area contributed by atoms with Gasteiger partial charge in [0.2, 0.25) is 0 Å². The molecule has 2 N–H and O–H groups in total. The van der Waals surface area contributed by atoms with Crippen LogP contribution >= 0.6 is 0 Å². The Balaban J connectivity index is 2.17. The molecule has 0 spiro atoms. The molecule has 3 nitrogen and oxygen atoms in total. The van der Waals surface area contributed by atoms with Crippen LogP contribution < -0.4 is 5.84 Å². The standard InChI is InChI=1S/C8H17N3/c1-7-2-4-8(5-3-7)6-10-11-9/h7-8H,2-6H2,1H3,(H2,9,10). The molecule has 0 heterocycles. The first-order valence-electron chi connectivity index (χ1n) is 4.39. The molecule has 0 radical (unpaired) electrons. The second kappa shape index (κ2) is 4.31. The van der Waals surface area contributed by atoms with Gasteiger partial charge in [-0.2, -0.15) is 5.11 Å². The van der Waals surface area contributed by atoms with Crippen LogP contribution in [-0.2, 0) is 0 Å². The Labute approximate surface area is 68.0 Å². The molecule has 1 saturated carbocycles. The molecule has 3 heteroatoms. The lowest BCUT2D eigenvalue weighted by Gasteiger charge is -2.24. The molecule has 11 heavy (non-hydrogen) atoms. The van der Waals surface area contributed by atoms with Crippen molar-refractivity contribution in [3.8, 4) is 0 Å². The van der Waals surface area contributed by atoms with Gasteiger partial charge in [-0.15, -0.1) is 0 Å². The lowest BCUT2D eigenvalue weighted by atomic mass is 9.83. The van der Waals surface area contributed by atoms with Crippen LogP contribution in [0.1, 0.15) is 32.6 Å². The monoisotopic (exact) mass is 155 g/mol. The maximum atomic E-state index is 4.93. The molecule has 0 saturated heterocycles. The molecule has 0 aliphatic heterocycles. The number of nitrogens with zero attached hydrogens (tertiary/aromatic N) is 2. The summed E-state index contributed by atoms with van der Waals surface area (Å²) in [7, 11) is 0. The lowest BCUT2D eigenvalue weighted by Crippen LogP contribution is -2.14. The van der Waals surface area contributed by atoms with E-state index in [9.17, 15) is 0 Å². The zero-order valence-electron chi connectivity index (χ0n) is 7.16. The highest BCUT2D eigenvalue weighted by molar-refractivity contribution is 4.70. The van der Waals surface area contributed by atoms with Crippen molar-refractivity contribution in [1.82, 2.24) is 0 Å².